The summed E-state index contributed by atoms with van der Waals surface area (Å²) in [5.41, 5.74) is 9.72. The molecule has 0 radical (unpaired) electrons. The fourth-order valence-electron chi connectivity index (χ4n) is 6.85. The maximum absolute atomic E-state index is 13.8. The van der Waals surface area contributed by atoms with Gasteiger partial charge in [-0.2, -0.15) is 5.10 Å². The first-order chi connectivity index (χ1) is 23.8. The number of fused-ring (bicyclic) bond motifs is 2. The first kappa shape index (κ1) is 31.3. The number of nitrogens with zero attached hydrogens (tertiary/aromatic N) is 7. The number of primary amides is 1. The van der Waals surface area contributed by atoms with Crippen LogP contribution in [0.4, 0.5) is 10.1 Å². The smallest absolute Gasteiger partial charge is 0.271 e. The van der Waals surface area contributed by atoms with Crippen LogP contribution < -0.4 is 15.4 Å². The normalized spacial score (nSPS) is 16.4. The maximum atomic E-state index is 13.8. The molecule has 2 saturated carbocycles. The predicted molar refractivity (Wildman–Crippen MR) is 180 cm³/mol. The Balaban J connectivity index is 1.17. The largest absolute Gasteiger partial charge is 0.475 e. The summed E-state index contributed by atoms with van der Waals surface area (Å²) >= 11 is 6.01. The predicted octanol–water partition coefficient (Wildman–Crippen LogP) is 6.00. The third-order valence-corrected chi connectivity index (χ3v) is 9.94. The van der Waals surface area contributed by atoms with Crippen LogP contribution in [0.3, 0.4) is 0 Å². The van der Waals surface area contributed by atoms with E-state index in [0.29, 0.717) is 81.9 Å². The number of hydrogen-bond acceptors (Lipinski definition) is 8. The zero-order valence-electron chi connectivity index (χ0n) is 26.7. The lowest BCUT2D eigenvalue weighted by Gasteiger charge is -2.47. The van der Waals surface area contributed by atoms with Crippen molar-refractivity contribution >= 4 is 40.1 Å². The van der Waals surface area contributed by atoms with E-state index in [1.165, 1.54) is 24.7 Å². The van der Waals surface area contributed by atoms with E-state index >= 15 is 0 Å². The Bertz CT molecular complexity index is 2080. The van der Waals surface area contributed by atoms with Crippen LogP contribution in [0.15, 0.2) is 55.1 Å². The highest BCUT2D eigenvalue weighted by Crippen LogP contribution is 2.49. The van der Waals surface area contributed by atoms with E-state index in [2.05, 4.69) is 15.0 Å². The second-order valence-electron chi connectivity index (χ2n) is 13.2. The molecule has 5 aromatic rings. The number of benzene rings is 1. The van der Waals surface area contributed by atoms with Gasteiger partial charge in [0.05, 0.1) is 40.9 Å². The number of ether oxygens (including phenoxy) is 1. The Kier molecular flexibility index (Phi) is 7.98. The van der Waals surface area contributed by atoms with Gasteiger partial charge >= 0.3 is 0 Å². The highest BCUT2D eigenvalue weighted by atomic mass is 35.5. The Morgan fingerprint density at radius 3 is 2.57 bits per heavy atom. The Morgan fingerprint density at radius 1 is 1.06 bits per heavy atom. The molecule has 49 heavy (non-hydrogen) atoms. The van der Waals surface area contributed by atoms with Crippen LogP contribution in [-0.2, 0) is 30.7 Å². The average molecular weight is 681 g/mol. The number of amides is 2. The Labute approximate surface area is 286 Å². The van der Waals surface area contributed by atoms with Gasteiger partial charge in [0.15, 0.2) is 11.2 Å². The van der Waals surface area contributed by atoms with Gasteiger partial charge in [0.1, 0.15) is 17.4 Å². The molecule has 2 fully saturated rings. The van der Waals surface area contributed by atoms with Gasteiger partial charge in [0.2, 0.25) is 0 Å². The van der Waals surface area contributed by atoms with Crippen LogP contribution >= 0.6 is 11.6 Å². The number of unbranched alkanes of at least 4 members (excludes halogenated alkanes) is 1. The summed E-state index contributed by atoms with van der Waals surface area (Å²) in [5.74, 6) is 0.432. The number of anilines is 1. The van der Waals surface area contributed by atoms with Crippen molar-refractivity contribution in [1.82, 2.24) is 29.7 Å². The fraction of sp³-hybridized carbons (Fsp3) is 0.361. The van der Waals surface area contributed by atoms with Gasteiger partial charge in [0, 0.05) is 35.6 Å². The monoisotopic (exact) mass is 680 g/mol. The van der Waals surface area contributed by atoms with Gasteiger partial charge in [-0.1, -0.05) is 17.7 Å². The van der Waals surface area contributed by atoms with E-state index < -0.39 is 11.5 Å². The van der Waals surface area contributed by atoms with Crippen molar-refractivity contribution < 1.29 is 18.7 Å². The lowest BCUT2D eigenvalue weighted by Crippen LogP contribution is -2.59. The summed E-state index contributed by atoms with van der Waals surface area (Å²) < 4.78 is 21.7. The number of nitrogens with two attached hydrogens (primary N) is 1. The molecular formula is C36H34ClFN8O3. The standard InChI is InChI=1S/C36H34ClFN8O3/c37-23-16-41-30(42-17-23)20-45-28-10-7-22(15-29(28)49-36(35(45)48)11-3-12-36)31-26-19-43-46(13-2-1-4-25-9-8-24(38)18-40-25)34(26)44-27(14-21-5-6-21)32(31)33(39)47/h7-10,15-19,21H,1-6,11-14,20H2,(H2,39,47). The number of hydrogen-bond donors (Lipinski definition) is 1. The molecule has 5 heterocycles. The Morgan fingerprint density at radius 2 is 1.88 bits per heavy atom. The summed E-state index contributed by atoms with van der Waals surface area (Å²) in [6, 6.07) is 8.76. The van der Waals surface area contributed by atoms with Gasteiger partial charge in [-0.25, -0.2) is 24.0 Å². The fourth-order valence-corrected chi connectivity index (χ4v) is 6.94. The second kappa shape index (κ2) is 12.5. The first-order valence-electron chi connectivity index (χ1n) is 16.7. The van der Waals surface area contributed by atoms with Crippen molar-refractivity contribution in [2.24, 2.45) is 11.7 Å². The second-order valence-corrected chi connectivity index (χ2v) is 13.6. The molecule has 11 nitrogen and oxygen atoms in total. The third kappa shape index (κ3) is 5.98. The average Bonchev–Trinajstić information content (AvgIpc) is 3.81. The van der Waals surface area contributed by atoms with Gasteiger partial charge < -0.3 is 10.5 Å². The van der Waals surface area contributed by atoms with E-state index in [4.69, 9.17) is 32.2 Å². The van der Waals surface area contributed by atoms with Crippen LogP contribution in [0.5, 0.6) is 5.75 Å². The lowest BCUT2D eigenvalue weighted by atomic mass is 9.77. The van der Waals surface area contributed by atoms with Gasteiger partial charge in [-0.3, -0.25) is 19.5 Å². The molecule has 2 amide bonds. The van der Waals surface area contributed by atoms with E-state index in [9.17, 15) is 14.0 Å². The third-order valence-electron chi connectivity index (χ3n) is 9.74. The van der Waals surface area contributed by atoms with Crippen LogP contribution in [0.2, 0.25) is 5.02 Å². The van der Waals surface area contributed by atoms with Crippen molar-refractivity contribution in [3.8, 4) is 16.9 Å². The van der Waals surface area contributed by atoms with E-state index in [-0.39, 0.29) is 18.3 Å². The van der Waals surface area contributed by atoms with Crippen LogP contribution in [0.1, 0.15) is 72.5 Å². The van der Waals surface area contributed by atoms with Crippen molar-refractivity contribution in [3.05, 3.63) is 88.7 Å². The molecule has 3 aliphatic rings. The molecule has 4 aromatic heterocycles. The first-order valence-corrected chi connectivity index (χ1v) is 17.1. The molecule has 1 spiro atoms. The Hall–Kier alpha value is -4.97. The minimum absolute atomic E-state index is 0.120. The summed E-state index contributed by atoms with van der Waals surface area (Å²) in [6.45, 7) is 0.768. The minimum atomic E-state index is -0.955. The van der Waals surface area contributed by atoms with E-state index in [0.717, 1.165) is 49.8 Å². The summed E-state index contributed by atoms with van der Waals surface area (Å²) in [4.78, 5) is 46.5. The number of halogens is 2. The molecular weight excluding hydrogens is 647 g/mol. The van der Waals surface area contributed by atoms with Crippen molar-refractivity contribution in [2.45, 2.75) is 76.5 Å². The summed E-state index contributed by atoms with van der Waals surface area (Å²) in [5, 5.41) is 5.84. The molecule has 250 valence electrons. The molecule has 2 N–H and O–H groups in total. The van der Waals surface area contributed by atoms with Gasteiger partial charge in [0.25, 0.3) is 11.8 Å². The highest BCUT2D eigenvalue weighted by Gasteiger charge is 2.52. The number of aryl methyl sites for hydroxylation is 2. The molecule has 13 heteroatoms. The number of aromatic nitrogens is 6. The van der Waals surface area contributed by atoms with Crippen LogP contribution in [0.25, 0.3) is 22.2 Å². The van der Waals surface area contributed by atoms with Crippen LogP contribution in [-0.4, -0.2) is 47.1 Å². The highest BCUT2D eigenvalue weighted by molar-refractivity contribution is 6.30. The SMILES string of the molecule is NC(=O)c1c(CC2CC2)nc2c(cnn2CCCCc2ccc(F)cn2)c1-c1ccc2c(c1)OC1(CCC1)C(=O)N2Cc1ncc(Cl)cn1. The maximum Gasteiger partial charge on any atom is 0.271 e. The summed E-state index contributed by atoms with van der Waals surface area (Å²) in [7, 11) is 0. The molecule has 0 bridgehead atoms. The van der Waals surface area contributed by atoms with Crippen molar-refractivity contribution in [2.75, 3.05) is 4.90 Å². The molecule has 2 aliphatic carbocycles. The van der Waals surface area contributed by atoms with Crippen LogP contribution in [0, 0.1) is 11.7 Å². The minimum Gasteiger partial charge on any atom is -0.475 e. The molecule has 0 saturated heterocycles. The molecule has 0 unspecified atom stereocenters. The zero-order chi connectivity index (χ0) is 33.7. The molecule has 8 rings (SSSR count). The molecule has 0 atom stereocenters. The molecule has 1 aromatic carbocycles. The van der Waals surface area contributed by atoms with Gasteiger partial charge in [-0.05, 0) is 93.5 Å². The lowest BCUT2D eigenvalue weighted by molar-refractivity contribution is -0.143. The number of pyridine rings is 2. The van der Waals surface area contributed by atoms with Gasteiger partial charge in [-0.15, -0.1) is 0 Å². The number of carbonyl (C=O) groups is 2. The topological polar surface area (TPSA) is 142 Å². The quantitative estimate of drug-likeness (QED) is 0.168. The van der Waals surface area contributed by atoms with Crippen molar-refractivity contribution in [1.29, 1.82) is 0 Å². The van der Waals surface area contributed by atoms with E-state index in [1.54, 1.807) is 17.2 Å². The van der Waals surface area contributed by atoms with Crippen molar-refractivity contribution in [3.63, 3.8) is 0 Å². The number of carbonyl (C=O) groups excluding carboxylic acids is 2. The number of rotatable bonds is 11. The molecule has 1 aliphatic heterocycles. The summed E-state index contributed by atoms with van der Waals surface area (Å²) in [6.07, 6.45) is 13.3. The van der Waals surface area contributed by atoms with E-state index in [1.807, 2.05) is 22.9 Å². The zero-order valence-corrected chi connectivity index (χ0v) is 27.5.